The van der Waals surface area contributed by atoms with Crippen LogP contribution in [0.4, 0.5) is 17.3 Å². The number of aromatic nitrogens is 2. The summed E-state index contributed by atoms with van der Waals surface area (Å²) in [5.74, 6) is 1.59. The fraction of sp³-hybridized carbons (Fsp3) is 0.200. The number of nitrogens with one attached hydrogen (secondary N) is 1. The van der Waals surface area contributed by atoms with E-state index in [2.05, 4.69) is 19.5 Å². The fourth-order valence-electron chi connectivity index (χ4n) is 4.12. The van der Waals surface area contributed by atoms with E-state index in [0.29, 0.717) is 29.9 Å². The molecule has 34 heavy (non-hydrogen) atoms. The van der Waals surface area contributed by atoms with Gasteiger partial charge in [0.1, 0.15) is 5.75 Å². The Labute approximate surface area is 198 Å². The molecule has 3 aromatic carbocycles. The molecule has 8 nitrogen and oxygen atoms in total. The van der Waals surface area contributed by atoms with Gasteiger partial charge in [-0.2, -0.15) is 0 Å². The Kier molecular flexibility index (Phi) is 5.93. The largest absolute Gasteiger partial charge is 0.495 e. The average Bonchev–Trinajstić information content (AvgIpc) is 2.89. The first-order valence-corrected chi connectivity index (χ1v) is 12.5. The number of para-hydroxylation sites is 4. The zero-order valence-electron chi connectivity index (χ0n) is 18.8. The summed E-state index contributed by atoms with van der Waals surface area (Å²) >= 11 is 0. The molecule has 4 aromatic rings. The van der Waals surface area contributed by atoms with Crippen molar-refractivity contribution in [3.63, 3.8) is 0 Å². The number of hydrogen-bond acceptors (Lipinski definition) is 7. The van der Waals surface area contributed by atoms with Gasteiger partial charge in [-0.05, 0) is 36.4 Å². The van der Waals surface area contributed by atoms with Crippen molar-refractivity contribution < 1.29 is 13.2 Å². The van der Waals surface area contributed by atoms with E-state index in [1.807, 2.05) is 48.5 Å². The minimum absolute atomic E-state index is 0.178. The van der Waals surface area contributed by atoms with Gasteiger partial charge in [-0.1, -0.05) is 42.5 Å². The maximum absolute atomic E-state index is 13.1. The first kappa shape index (κ1) is 22.0. The van der Waals surface area contributed by atoms with Crippen molar-refractivity contribution in [1.82, 2.24) is 9.97 Å². The van der Waals surface area contributed by atoms with E-state index in [1.54, 1.807) is 37.4 Å². The molecule has 1 aliphatic heterocycles. The minimum atomic E-state index is -3.81. The van der Waals surface area contributed by atoms with Gasteiger partial charge in [0.2, 0.25) is 0 Å². The molecule has 0 amide bonds. The van der Waals surface area contributed by atoms with Crippen molar-refractivity contribution in [2.75, 3.05) is 47.8 Å². The van der Waals surface area contributed by atoms with E-state index in [-0.39, 0.29) is 10.7 Å². The summed E-state index contributed by atoms with van der Waals surface area (Å²) in [6.45, 7) is 2.79. The molecular weight excluding hydrogens is 450 g/mol. The molecule has 9 heteroatoms. The second kappa shape index (κ2) is 9.18. The smallest absolute Gasteiger partial charge is 0.263 e. The van der Waals surface area contributed by atoms with Gasteiger partial charge in [0.25, 0.3) is 10.0 Å². The normalized spacial score (nSPS) is 14.3. The SMILES string of the molecule is COc1ccccc1N1CCN(c2nc3ccccc3nc2NS(=O)(=O)c2ccccc2)CC1. The van der Waals surface area contributed by atoms with Crippen molar-refractivity contribution in [2.45, 2.75) is 4.90 Å². The first-order chi connectivity index (χ1) is 16.5. The Morgan fingerprint density at radius 2 is 1.35 bits per heavy atom. The van der Waals surface area contributed by atoms with Crippen molar-refractivity contribution in [3.8, 4) is 5.75 Å². The molecule has 0 unspecified atom stereocenters. The number of benzene rings is 3. The molecule has 0 radical (unpaired) electrons. The number of anilines is 3. The zero-order chi connectivity index (χ0) is 23.5. The Hall–Kier alpha value is -3.85. The van der Waals surface area contributed by atoms with Crippen LogP contribution in [-0.4, -0.2) is 51.7 Å². The van der Waals surface area contributed by atoms with Gasteiger partial charge < -0.3 is 14.5 Å². The molecule has 174 valence electrons. The summed E-state index contributed by atoms with van der Waals surface area (Å²) in [6, 6.07) is 23.7. The van der Waals surface area contributed by atoms with Crippen LogP contribution >= 0.6 is 0 Å². The molecular formula is C25H25N5O3S. The predicted molar refractivity (Wildman–Crippen MR) is 134 cm³/mol. The number of nitrogens with zero attached hydrogens (tertiary/aromatic N) is 4. The van der Waals surface area contributed by atoms with Gasteiger partial charge in [-0.25, -0.2) is 18.4 Å². The lowest BCUT2D eigenvalue weighted by Gasteiger charge is -2.37. The Morgan fingerprint density at radius 1 is 0.765 bits per heavy atom. The van der Waals surface area contributed by atoms with Gasteiger partial charge in [0, 0.05) is 26.2 Å². The number of piperazine rings is 1. The number of fused-ring (bicyclic) bond motifs is 1. The van der Waals surface area contributed by atoms with Crippen molar-refractivity contribution in [3.05, 3.63) is 78.9 Å². The molecule has 0 saturated carbocycles. The average molecular weight is 476 g/mol. The minimum Gasteiger partial charge on any atom is -0.495 e. The van der Waals surface area contributed by atoms with E-state index >= 15 is 0 Å². The van der Waals surface area contributed by atoms with Crippen LogP contribution in [0.25, 0.3) is 11.0 Å². The summed E-state index contributed by atoms with van der Waals surface area (Å²) in [5.41, 5.74) is 2.39. The zero-order valence-corrected chi connectivity index (χ0v) is 19.6. The Balaban J connectivity index is 1.46. The highest BCUT2D eigenvalue weighted by atomic mass is 32.2. The van der Waals surface area contributed by atoms with Crippen LogP contribution in [0.2, 0.25) is 0 Å². The molecule has 1 aliphatic rings. The maximum atomic E-state index is 13.1. The van der Waals surface area contributed by atoms with Gasteiger partial charge in [0.15, 0.2) is 11.6 Å². The molecule has 1 aromatic heterocycles. The van der Waals surface area contributed by atoms with Crippen LogP contribution in [0.1, 0.15) is 0 Å². The molecule has 0 spiro atoms. The topological polar surface area (TPSA) is 87.7 Å². The first-order valence-electron chi connectivity index (χ1n) is 11.0. The number of methoxy groups -OCH3 is 1. The van der Waals surface area contributed by atoms with Crippen molar-refractivity contribution in [2.24, 2.45) is 0 Å². The third kappa shape index (κ3) is 4.34. The standard InChI is InChI=1S/C25H25N5O3S/c1-33-23-14-8-7-13-22(23)29-15-17-30(18-16-29)25-24(26-20-11-5-6-12-21(20)27-25)28-34(31,32)19-9-3-2-4-10-19/h2-14H,15-18H2,1H3,(H,26,28). The lowest BCUT2D eigenvalue weighted by molar-refractivity contribution is 0.413. The molecule has 1 saturated heterocycles. The number of sulfonamides is 1. The Morgan fingerprint density at radius 3 is 2.06 bits per heavy atom. The monoisotopic (exact) mass is 475 g/mol. The van der Waals surface area contributed by atoms with Gasteiger partial charge in [-0.15, -0.1) is 0 Å². The third-order valence-electron chi connectivity index (χ3n) is 5.84. The van der Waals surface area contributed by atoms with E-state index in [9.17, 15) is 8.42 Å². The highest BCUT2D eigenvalue weighted by Crippen LogP contribution is 2.31. The van der Waals surface area contributed by atoms with Crippen LogP contribution in [-0.2, 0) is 10.0 Å². The highest BCUT2D eigenvalue weighted by Gasteiger charge is 2.25. The summed E-state index contributed by atoms with van der Waals surface area (Å²) in [7, 11) is -2.14. The molecule has 1 fully saturated rings. The molecule has 1 N–H and O–H groups in total. The van der Waals surface area contributed by atoms with E-state index < -0.39 is 10.0 Å². The lowest BCUT2D eigenvalue weighted by atomic mass is 10.2. The lowest BCUT2D eigenvalue weighted by Crippen LogP contribution is -2.47. The molecule has 0 bridgehead atoms. The van der Waals surface area contributed by atoms with Crippen LogP contribution < -0.4 is 19.3 Å². The molecule has 2 heterocycles. The van der Waals surface area contributed by atoms with Gasteiger partial charge in [0.05, 0.1) is 28.7 Å². The van der Waals surface area contributed by atoms with Crippen LogP contribution in [0.5, 0.6) is 5.75 Å². The van der Waals surface area contributed by atoms with Crippen LogP contribution in [0, 0.1) is 0 Å². The van der Waals surface area contributed by atoms with Gasteiger partial charge in [-0.3, -0.25) is 4.72 Å². The summed E-state index contributed by atoms with van der Waals surface area (Å²) in [4.78, 5) is 14.0. The number of ether oxygens (including phenoxy) is 1. The Bertz CT molecular complexity index is 1400. The molecule has 0 aliphatic carbocycles. The molecule has 0 atom stereocenters. The number of hydrogen-bond donors (Lipinski definition) is 1. The second-order valence-electron chi connectivity index (χ2n) is 7.95. The van der Waals surface area contributed by atoms with Crippen molar-refractivity contribution in [1.29, 1.82) is 0 Å². The molecule has 5 rings (SSSR count). The van der Waals surface area contributed by atoms with E-state index in [4.69, 9.17) is 9.72 Å². The van der Waals surface area contributed by atoms with E-state index in [1.165, 1.54) is 0 Å². The van der Waals surface area contributed by atoms with Crippen LogP contribution in [0.15, 0.2) is 83.8 Å². The quantitative estimate of drug-likeness (QED) is 0.454. The summed E-state index contributed by atoms with van der Waals surface area (Å²) in [5, 5.41) is 0. The number of rotatable bonds is 6. The van der Waals surface area contributed by atoms with Crippen molar-refractivity contribution >= 4 is 38.4 Å². The van der Waals surface area contributed by atoms with E-state index in [0.717, 1.165) is 24.5 Å². The highest BCUT2D eigenvalue weighted by molar-refractivity contribution is 7.92. The van der Waals surface area contributed by atoms with Gasteiger partial charge >= 0.3 is 0 Å². The predicted octanol–water partition coefficient (Wildman–Crippen LogP) is 3.77. The summed E-state index contributed by atoms with van der Waals surface area (Å²) in [6.07, 6.45) is 0. The summed E-state index contributed by atoms with van der Waals surface area (Å²) < 4.78 is 34.3. The van der Waals surface area contributed by atoms with Crippen LogP contribution in [0.3, 0.4) is 0 Å². The maximum Gasteiger partial charge on any atom is 0.263 e. The third-order valence-corrected chi connectivity index (χ3v) is 7.20. The fourth-order valence-corrected chi connectivity index (χ4v) is 5.14. The second-order valence-corrected chi connectivity index (χ2v) is 9.63.